The summed E-state index contributed by atoms with van der Waals surface area (Å²) in [5.74, 6) is 0.957. The van der Waals surface area contributed by atoms with Gasteiger partial charge in [0.2, 0.25) is 0 Å². The van der Waals surface area contributed by atoms with Crippen LogP contribution in [0.15, 0.2) is 0 Å². The van der Waals surface area contributed by atoms with E-state index in [4.69, 9.17) is 0 Å². The Morgan fingerprint density at radius 1 is 1.00 bits per heavy atom. The monoisotopic (exact) mass is 187 g/mol. The van der Waals surface area contributed by atoms with Crippen molar-refractivity contribution < 1.29 is 0 Å². The van der Waals surface area contributed by atoms with Crippen LogP contribution in [0.1, 0.15) is 60.3 Å². The molecule has 0 fully saturated rings. The van der Waals surface area contributed by atoms with Gasteiger partial charge >= 0.3 is 0 Å². The summed E-state index contributed by atoms with van der Waals surface area (Å²) in [6, 6.07) is 0. The van der Waals surface area contributed by atoms with Crippen molar-refractivity contribution in [1.29, 1.82) is 0 Å². The zero-order valence-electron chi connectivity index (χ0n) is 10.3. The molecule has 0 aliphatic carbocycles. The lowest BCUT2D eigenvalue weighted by molar-refractivity contribution is 0.421. The molecule has 1 nitrogen and oxygen atoms in total. The Kier molecular flexibility index (Phi) is 17.2. The van der Waals surface area contributed by atoms with Gasteiger partial charge in [-0.3, -0.25) is 0 Å². The summed E-state index contributed by atoms with van der Waals surface area (Å²) in [5, 5.41) is 3.37. The zero-order chi connectivity index (χ0) is 10.5. The van der Waals surface area contributed by atoms with Crippen LogP contribution in [0.5, 0.6) is 0 Å². The first-order valence-corrected chi connectivity index (χ1v) is 6.05. The van der Waals surface area contributed by atoms with Gasteiger partial charge in [0.25, 0.3) is 0 Å². The normalized spacial score (nSPS) is 11.8. The molecule has 1 atom stereocenters. The van der Waals surface area contributed by atoms with Gasteiger partial charge in [0.1, 0.15) is 0 Å². The molecule has 0 aromatic heterocycles. The fourth-order valence-corrected chi connectivity index (χ4v) is 1.44. The molecule has 0 heterocycles. The summed E-state index contributed by atoms with van der Waals surface area (Å²) in [6.07, 6.45) is 5.45. The van der Waals surface area contributed by atoms with E-state index in [0.717, 1.165) is 12.5 Å². The summed E-state index contributed by atoms with van der Waals surface area (Å²) < 4.78 is 0. The van der Waals surface area contributed by atoms with E-state index in [-0.39, 0.29) is 0 Å². The van der Waals surface area contributed by atoms with Crippen LogP contribution in [-0.4, -0.2) is 13.1 Å². The lowest BCUT2D eigenvalue weighted by atomic mass is 9.97. The average Bonchev–Trinajstić information content (AvgIpc) is 2.20. The zero-order valence-corrected chi connectivity index (χ0v) is 10.3. The van der Waals surface area contributed by atoms with Crippen LogP contribution in [0.4, 0.5) is 0 Å². The van der Waals surface area contributed by atoms with Crippen molar-refractivity contribution in [2.75, 3.05) is 13.1 Å². The predicted molar refractivity (Wildman–Crippen MR) is 63.2 cm³/mol. The molecule has 0 spiro atoms. The topological polar surface area (TPSA) is 12.0 Å². The van der Waals surface area contributed by atoms with Crippen LogP contribution in [-0.2, 0) is 0 Å². The van der Waals surface area contributed by atoms with Gasteiger partial charge in [0, 0.05) is 0 Å². The van der Waals surface area contributed by atoms with Crippen LogP contribution >= 0.6 is 0 Å². The summed E-state index contributed by atoms with van der Waals surface area (Å²) in [7, 11) is 0. The smallest absolute Gasteiger partial charge is 0.00464 e. The molecule has 1 N–H and O–H groups in total. The molecule has 82 valence electrons. The van der Waals surface area contributed by atoms with Crippen LogP contribution in [0.25, 0.3) is 0 Å². The molecule has 13 heavy (non-hydrogen) atoms. The fraction of sp³-hybridized carbons (Fsp3) is 1.00. The Morgan fingerprint density at radius 2 is 1.62 bits per heavy atom. The van der Waals surface area contributed by atoms with Crippen LogP contribution in [0.3, 0.4) is 0 Å². The number of hydrogen-bond acceptors (Lipinski definition) is 1. The number of nitrogens with one attached hydrogen (secondary N) is 1. The maximum absolute atomic E-state index is 3.37. The van der Waals surface area contributed by atoms with Crippen LogP contribution in [0.2, 0.25) is 0 Å². The van der Waals surface area contributed by atoms with Crippen molar-refractivity contribution in [1.82, 2.24) is 5.32 Å². The van der Waals surface area contributed by atoms with Crippen LogP contribution < -0.4 is 5.32 Å². The molecule has 0 aromatic carbocycles. The second kappa shape index (κ2) is 14.5. The highest BCUT2D eigenvalue weighted by molar-refractivity contribution is 4.58. The molecule has 0 aliphatic heterocycles. The van der Waals surface area contributed by atoms with E-state index in [9.17, 15) is 0 Å². The van der Waals surface area contributed by atoms with Gasteiger partial charge in [-0.25, -0.2) is 0 Å². The van der Waals surface area contributed by atoms with Gasteiger partial charge in [-0.2, -0.15) is 0 Å². The molecule has 0 radical (unpaired) electrons. The van der Waals surface area contributed by atoms with E-state index in [2.05, 4.69) is 26.1 Å². The fourth-order valence-electron chi connectivity index (χ4n) is 1.44. The number of hydrogen-bond donors (Lipinski definition) is 1. The maximum Gasteiger partial charge on any atom is -0.00464 e. The average molecular weight is 187 g/mol. The van der Waals surface area contributed by atoms with Crippen molar-refractivity contribution in [2.24, 2.45) is 5.92 Å². The molecular weight excluding hydrogens is 158 g/mol. The molecule has 0 rings (SSSR count). The van der Waals surface area contributed by atoms with E-state index in [0.29, 0.717) is 0 Å². The van der Waals surface area contributed by atoms with E-state index in [1.165, 1.54) is 32.2 Å². The second-order valence-electron chi connectivity index (χ2n) is 3.21. The highest BCUT2D eigenvalue weighted by Crippen LogP contribution is 2.13. The summed E-state index contributed by atoms with van der Waals surface area (Å²) in [5.41, 5.74) is 0. The number of rotatable bonds is 7. The van der Waals surface area contributed by atoms with Crippen molar-refractivity contribution >= 4 is 0 Å². The molecule has 0 bridgehead atoms. The van der Waals surface area contributed by atoms with Crippen molar-refractivity contribution in [2.45, 2.75) is 60.3 Å². The van der Waals surface area contributed by atoms with Gasteiger partial charge < -0.3 is 5.32 Å². The Bertz CT molecular complexity index is 71.5. The summed E-state index contributed by atoms with van der Waals surface area (Å²) in [6.45, 7) is 13.1. The largest absolute Gasteiger partial charge is 0.317 e. The van der Waals surface area contributed by atoms with Gasteiger partial charge in [-0.05, 0) is 25.4 Å². The third-order valence-electron chi connectivity index (χ3n) is 2.25. The summed E-state index contributed by atoms with van der Waals surface area (Å²) in [4.78, 5) is 0. The quantitative estimate of drug-likeness (QED) is 0.597. The SMILES string of the molecule is CC.CCCC(CC)CCNCC. The van der Waals surface area contributed by atoms with Gasteiger partial charge in [-0.1, -0.05) is 53.9 Å². The van der Waals surface area contributed by atoms with Gasteiger partial charge in [-0.15, -0.1) is 0 Å². The second-order valence-corrected chi connectivity index (χ2v) is 3.21. The van der Waals surface area contributed by atoms with Gasteiger partial charge in [0.15, 0.2) is 0 Å². The van der Waals surface area contributed by atoms with Crippen molar-refractivity contribution in [3.05, 3.63) is 0 Å². The first-order chi connectivity index (χ1) is 6.35. The Balaban J connectivity index is 0. The van der Waals surface area contributed by atoms with Crippen LogP contribution in [0, 0.1) is 5.92 Å². The molecule has 0 aromatic rings. The first-order valence-electron chi connectivity index (χ1n) is 6.05. The highest BCUT2D eigenvalue weighted by atomic mass is 14.8. The first kappa shape index (κ1) is 15.4. The molecular formula is C12H29N. The third kappa shape index (κ3) is 12.0. The molecule has 0 aliphatic rings. The van der Waals surface area contributed by atoms with E-state index in [1.54, 1.807) is 0 Å². The van der Waals surface area contributed by atoms with E-state index in [1.807, 2.05) is 13.8 Å². The maximum atomic E-state index is 3.37. The highest BCUT2D eigenvalue weighted by Gasteiger charge is 2.02. The Morgan fingerprint density at radius 3 is 2.00 bits per heavy atom. The standard InChI is InChI=1S/C10H23N.C2H6/c1-4-7-10(5-2)8-9-11-6-3;1-2/h10-11H,4-9H2,1-3H3;1-2H3. The Labute approximate surface area is 85.3 Å². The Hall–Kier alpha value is -0.0400. The molecule has 0 saturated heterocycles. The minimum atomic E-state index is 0.957. The predicted octanol–water partition coefficient (Wildman–Crippen LogP) is 3.84. The minimum Gasteiger partial charge on any atom is -0.317 e. The third-order valence-corrected chi connectivity index (χ3v) is 2.25. The lowest BCUT2D eigenvalue weighted by Gasteiger charge is -2.12. The molecule has 1 unspecified atom stereocenters. The molecule has 1 heteroatoms. The van der Waals surface area contributed by atoms with Crippen molar-refractivity contribution in [3.63, 3.8) is 0 Å². The van der Waals surface area contributed by atoms with Gasteiger partial charge in [0.05, 0.1) is 0 Å². The van der Waals surface area contributed by atoms with E-state index < -0.39 is 0 Å². The lowest BCUT2D eigenvalue weighted by Crippen LogP contribution is -2.17. The van der Waals surface area contributed by atoms with Crippen molar-refractivity contribution in [3.8, 4) is 0 Å². The minimum absolute atomic E-state index is 0.957. The molecule has 0 amide bonds. The summed E-state index contributed by atoms with van der Waals surface area (Å²) >= 11 is 0. The van der Waals surface area contributed by atoms with E-state index >= 15 is 0 Å². The molecule has 0 saturated carbocycles.